The van der Waals surface area contributed by atoms with Gasteiger partial charge in [-0.25, -0.2) is 4.68 Å². The third-order valence-corrected chi connectivity index (χ3v) is 6.66. The Hall–Kier alpha value is -3.48. The standard InChI is InChI=1S/C26H29N3O4/c1-6-28-25(33-19-11-9-18(10-12-19)29(31)32)22(15-27-28)24(30)21-14-16(2)20-8-7-13-26(4,5)23(20)17(21)3/h9-12,14-15H,6-8,13H2,1-5H3. The number of hydrogen-bond acceptors (Lipinski definition) is 5. The number of ketones is 1. The molecule has 0 saturated heterocycles. The van der Waals surface area contributed by atoms with Gasteiger partial charge in [-0.3, -0.25) is 14.9 Å². The first-order valence-electron chi connectivity index (χ1n) is 11.3. The molecule has 2 aromatic carbocycles. The number of carbonyl (C=O) groups excluding carboxylic acids is 1. The summed E-state index contributed by atoms with van der Waals surface area (Å²) in [6.07, 6.45) is 4.85. The molecule has 1 heterocycles. The molecule has 0 unspecified atom stereocenters. The van der Waals surface area contributed by atoms with Crippen LogP contribution >= 0.6 is 0 Å². The molecule has 0 atom stereocenters. The highest BCUT2D eigenvalue weighted by atomic mass is 16.6. The number of aryl methyl sites for hydroxylation is 2. The average Bonchev–Trinajstić information content (AvgIpc) is 3.17. The predicted molar refractivity (Wildman–Crippen MR) is 126 cm³/mol. The molecular weight excluding hydrogens is 418 g/mol. The van der Waals surface area contributed by atoms with E-state index in [0.29, 0.717) is 29.3 Å². The normalized spacial score (nSPS) is 14.6. The van der Waals surface area contributed by atoms with Crippen molar-refractivity contribution in [3.63, 3.8) is 0 Å². The molecule has 0 N–H and O–H groups in total. The summed E-state index contributed by atoms with van der Waals surface area (Å²) in [5.74, 6) is 0.617. The average molecular weight is 448 g/mol. The van der Waals surface area contributed by atoms with Crippen LogP contribution in [0.3, 0.4) is 0 Å². The molecule has 3 aromatic rings. The minimum Gasteiger partial charge on any atom is -0.438 e. The number of nitro groups is 1. The van der Waals surface area contributed by atoms with E-state index in [2.05, 4.69) is 25.9 Å². The van der Waals surface area contributed by atoms with Crippen LogP contribution in [0.5, 0.6) is 11.6 Å². The van der Waals surface area contributed by atoms with Crippen LogP contribution in [-0.4, -0.2) is 20.5 Å². The minimum atomic E-state index is -0.461. The number of carbonyl (C=O) groups is 1. The zero-order chi connectivity index (χ0) is 23.9. The number of rotatable bonds is 6. The number of nitro benzene ring substituents is 1. The SMILES string of the molecule is CCn1ncc(C(=O)c2cc(C)c3c(c2C)C(C)(C)CCC3)c1Oc1ccc([N+](=O)[O-])cc1. The van der Waals surface area contributed by atoms with Crippen LogP contribution in [-0.2, 0) is 18.4 Å². The van der Waals surface area contributed by atoms with Crippen molar-refractivity contribution < 1.29 is 14.5 Å². The molecule has 0 spiro atoms. The first-order chi connectivity index (χ1) is 15.6. The van der Waals surface area contributed by atoms with E-state index in [1.807, 2.05) is 19.9 Å². The van der Waals surface area contributed by atoms with Crippen molar-refractivity contribution in [2.75, 3.05) is 0 Å². The van der Waals surface area contributed by atoms with Gasteiger partial charge < -0.3 is 4.74 Å². The Morgan fingerprint density at radius 3 is 2.55 bits per heavy atom. The molecule has 33 heavy (non-hydrogen) atoms. The summed E-state index contributed by atoms with van der Waals surface area (Å²) in [4.78, 5) is 24.3. The summed E-state index contributed by atoms with van der Waals surface area (Å²) < 4.78 is 7.65. The molecule has 1 aliphatic rings. The fourth-order valence-corrected chi connectivity index (χ4v) is 5.03. The van der Waals surface area contributed by atoms with Gasteiger partial charge in [0.2, 0.25) is 5.88 Å². The van der Waals surface area contributed by atoms with Crippen molar-refractivity contribution in [1.29, 1.82) is 0 Å². The summed E-state index contributed by atoms with van der Waals surface area (Å²) in [6, 6.07) is 7.80. The summed E-state index contributed by atoms with van der Waals surface area (Å²) in [5.41, 5.74) is 5.87. The van der Waals surface area contributed by atoms with Gasteiger partial charge in [0.05, 0.1) is 11.1 Å². The van der Waals surface area contributed by atoms with Crippen LogP contribution in [0.2, 0.25) is 0 Å². The maximum absolute atomic E-state index is 13.8. The molecule has 7 nitrogen and oxygen atoms in total. The van der Waals surface area contributed by atoms with E-state index in [0.717, 1.165) is 30.4 Å². The first-order valence-corrected chi connectivity index (χ1v) is 11.3. The number of ether oxygens (including phenoxy) is 1. The van der Waals surface area contributed by atoms with Gasteiger partial charge >= 0.3 is 0 Å². The maximum atomic E-state index is 13.8. The fraction of sp³-hybridized carbons (Fsp3) is 0.385. The van der Waals surface area contributed by atoms with Crippen molar-refractivity contribution in [1.82, 2.24) is 9.78 Å². The van der Waals surface area contributed by atoms with Gasteiger partial charge in [-0.05, 0) is 85.9 Å². The van der Waals surface area contributed by atoms with Gasteiger partial charge in [0.15, 0.2) is 5.78 Å². The zero-order valence-corrected chi connectivity index (χ0v) is 19.8. The Morgan fingerprint density at radius 1 is 1.21 bits per heavy atom. The molecule has 0 radical (unpaired) electrons. The third kappa shape index (κ3) is 4.03. The molecule has 7 heteroatoms. The van der Waals surface area contributed by atoms with Crippen molar-refractivity contribution in [3.8, 4) is 11.6 Å². The van der Waals surface area contributed by atoms with Crippen molar-refractivity contribution in [2.24, 2.45) is 0 Å². The topological polar surface area (TPSA) is 87.3 Å². The van der Waals surface area contributed by atoms with Crippen molar-refractivity contribution in [3.05, 3.63) is 80.0 Å². The predicted octanol–water partition coefficient (Wildman–Crippen LogP) is 6.07. The Labute approximate surface area is 193 Å². The summed E-state index contributed by atoms with van der Waals surface area (Å²) in [7, 11) is 0. The highest BCUT2D eigenvalue weighted by molar-refractivity contribution is 6.11. The number of nitrogens with zero attached hydrogens (tertiary/aromatic N) is 3. The lowest BCUT2D eigenvalue weighted by Crippen LogP contribution is -2.27. The second kappa shape index (κ2) is 8.46. The number of fused-ring (bicyclic) bond motifs is 1. The van der Waals surface area contributed by atoms with Crippen LogP contribution in [0, 0.1) is 24.0 Å². The van der Waals surface area contributed by atoms with Crippen molar-refractivity contribution in [2.45, 2.75) is 65.8 Å². The smallest absolute Gasteiger partial charge is 0.269 e. The maximum Gasteiger partial charge on any atom is 0.269 e. The van der Waals surface area contributed by atoms with Crippen LogP contribution < -0.4 is 4.74 Å². The Balaban J connectivity index is 1.77. The molecule has 4 rings (SSSR count). The number of benzene rings is 2. The Kier molecular flexibility index (Phi) is 5.82. The summed E-state index contributed by atoms with van der Waals surface area (Å²) in [5, 5.41) is 15.3. The van der Waals surface area contributed by atoms with E-state index in [1.165, 1.54) is 35.4 Å². The zero-order valence-electron chi connectivity index (χ0n) is 19.8. The molecule has 0 amide bonds. The quantitative estimate of drug-likeness (QED) is 0.260. The number of hydrogen-bond donors (Lipinski definition) is 0. The highest BCUT2D eigenvalue weighted by Gasteiger charge is 2.33. The van der Waals surface area contributed by atoms with Gasteiger partial charge in [0.25, 0.3) is 5.69 Å². The van der Waals surface area contributed by atoms with E-state index < -0.39 is 4.92 Å². The molecular formula is C26H29N3O4. The molecule has 0 aliphatic heterocycles. The highest BCUT2D eigenvalue weighted by Crippen LogP contribution is 2.42. The van der Waals surface area contributed by atoms with E-state index in [4.69, 9.17) is 4.74 Å². The van der Waals surface area contributed by atoms with E-state index in [-0.39, 0.29) is 16.9 Å². The molecule has 0 bridgehead atoms. The monoisotopic (exact) mass is 447 g/mol. The van der Waals surface area contributed by atoms with E-state index >= 15 is 0 Å². The van der Waals surface area contributed by atoms with Crippen LogP contribution in [0.1, 0.15) is 71.8 Å². The lowest BCUT2D eigenvalue weighted by molar-refractivity contribution is -0.384. The van der Waals surface area contributed by atoms with Gasteiger partial charge in [0, 0.05) is 24.2 Å². The second-order valence-corrected chi connectivity index (χ2v) is 9.32. The molecule has 172 valence electrons. The Bertz CT molecular complexity index is 1240. The number of non-ortho nitro benzene ring substituents is 1. The summed E-state index contributed by atoms with van der Waals surface area (Å²) >= 11 is 0. The van der Waals surface area contributed by atoms with E-state index in [1.54, 1.807) is 10.9 Å². The minimum absolute atomic E-state index is 0.0183. The second-order valence-electron chi connectivity index (χ2n) is 9.32. The van der Waals surface area contributed by atoms with Gasteiger partial charge in [-0.2, -0.15) is 5.10 Å². The van der Waals surface area contributed by atoms with Crippen LogP contribution in [0.4, 0.5) is 5.69 Å². The molecule has 0 fully saturated rings. The molecule has 0 saturated carbocycles. The summed E-state index contributed by atoms with van der Waals surface area (Å²) in [6.45, 7) is 11.1. The van der Waals surface area contributed by atoms with Gasteiger partial charge in [0.1, 0.15) is 11.3 Å². The number of aromatic nitrogens is 2. The van der Waals surface area contributed by atoms with Crippen LogP contribution in [0.15, 0.2) is 36.5 Å². The largest absolute Gasteiger partial charge is 0.438 e. The molecule has 1 aliphatic carbocycles. The fourth-order valence-electron chi connectivity index (χ4n) is 5.03. The third-order valence-electron chi connectivity index (χ3n) is 6.66. The first kappa shape index (κ1) is 22.7. The van der Waals surface area contributed by atoms with Gasteiger partial charge in [-0.15, -0.1) is 0 Å². The van der Waals surface area contributed by atoms with Crippen molar-refractivity contribution >= 4 is 11.5 Å². The van der Waals surface area contributed by atoms with Crippen LogP contribution in [0.25, 0.3) is 0 Å². The lowest BCUT2D eigenvalue weighted by Gasteiger charge is -2.36. The Morgan fingerprint density at radius 2 is 1.91 bits per heavy atom. The van der Waals surface area contributed by atoms with Gasteiger partial charge in [-0.1, -0.05) is 13.8 Å². The molecule has 1 aromatic heterocycles. The van der Waals surface area contributed by atoms with E-state index in [9.17, 15) is 14.9 Å². The lowest BCUT2D eigenvalue weighted by atomic mass is 9.68.